The van der Waals surface area contributed by atoms with Crippen LogP contribution in [0.1, 0.15) is 6.42 Å². The van der Waals surface area contributed by atoms with Crippen molar-refractivity contribution < 1.29 is 34.8 Å². The number of carbonyl (C=O) groups is 3. The van der Waals surface area contributed by atoms with E-state index < -0.39 is 42.8 Å². The molecule has 4 atom stereocenters. The highest BCUT2D eigenvalue weighted by Gasteiger charge is 2.33. The van der Waals surface area contributed by atoms with Crippen molar-refractivity contribution in [1.29, 1.82) is 0 Å². The standard InChI is InChI=1S/C10H18N2O7S/c13-2-1-6(15)8(16)7(11-4-14)9(17)12-5(3-20)10(18)19/h4-8,13,15-16,20H,1-3H2,(H,11,14)(H,12,17)(H,18,19)/t5?,6?,7-,8?/m0/s1. The van der Waals surface area contributed by atoms with Gasteiger partial charge in [0.2, 0.25) is 12.3 Å². The zero-order valence-corrected chi connectivity index (χ0v) is 11.4. The molecule has 0 saturated carbocycles. The molecule has 0 bridgehead atoms. The lowest BCUT2D eigenvalue weighted by molar-refractivity contribution is -0.142. The van der Waals surface area contributed by atoms with Gasteiger partial charge < -0.3 is 31.1 Å². The largest absolute Gasteiger partial charge is 0.480 e. The van der Waals surface area contributed by atoms with Crippen molar-refractivity contribution in [2.75, 3.05) is 12.4 Å². The van der Waals surface area contributed by atoms with Gasteiger partial charge in [0, 0.05) is 12.4 Å². The van der Waals surface area contributed by atoms with E-state index >= 15 is 0 Å². The van der Waals surface area contributed by atoms with E-state index in [0.29, 0.717) is 0 Å². The van der Waals surface area contributed by atoms with Crippen molar-refractivity contribution in [2.45, 2.75) is 30.7 Å². The van der Waals surface area contributed by atoms with Crippen molar-refractivity contribution in [3.63, 3.8) is 0 Å². The summed E-state index contributed by atoms with van der Waals surface area (Å²) in [6.45, 7) is -0.429. The predicted octanol–water partition coefficient (Wildman–Crippen LogP) is -3.30. The van der Waals surface area contributed by atoms with Gasteiger partial charge in [0.1, 0.15) is 18.2 Å². The number of hydrogen-bond donors (Lipinski definition) is 7. The van der Waals surface area contributed by atoms with Gasteiger partial charge in [-0.25, -0.2) is 4.79 Å². The first kappa shape index (κ1) is 18.6. The molecule has 6 N–H and O–H groups in total. The molecular formula is C10H18N2O7S. The molecule has 0 fully saturated rings. The molecule has 0 saturated heterocycles. The Hall–Kier alpha value is -1.36. The van der Waals surface area contributed by atoms with Crippen molar-refractivity contribution in [3.8, 4) is 0 Å². The van der Waals surface area contributed by atoms with Crippen LogP contribution in [0.3, 0.4) is 0 Å². The summed E-state index contributed by atoms with van der Waals surface area (Å²) in [6, 6.07) is -2.85. The van der Waals surface area contributed by atoms with Crippen molar-refractivity contribution in [2.24, 2.45) is 0 Å². The average molecular weight is 310 g/mol. The number of aliphatic carboxylic acids is 1. The van der Waals surface area contributed by atoms with E-state index in [1.165, 1.54) is 0 Å². The smallest absolute Gasteiger partial charge is 0.327 e. The van der Waals surface area contributed by atoms with Gasteiger partial charge >= 0.3 is 5.97 Å². The van der Waals surface area contributed by atoms with Crippen LogP contribution < -0.4 is 10.6 Å². The molecule has 116 valence electrons. The molecule has 10 heteroatoms. The Morgan fingerprint density at radius 1 is 1.30 bits per heavy atom. The lowest BCUT2D eigenvalue weighted by Crippen LogP contribution is -2.57. The number of rotatable bonds is 10. The number of hydrogen-bond acceptors (Lipinski definition) is 7. The third-order valence-electron chi connectivity index (χ3n) is 2.49. The third-order valence-corrected chi connectivity index (χ3v) is 2.85. The molecule has 0 heterocycles. The van der Waals surface area contributed by atoms with E-state index in [1.54, 1.807) is 0 Å². The minimum Gasteiger partial charge on any atom is -0.480 e. The van der Waals surface area contributed by atoms with Gasteiger partial charge in [-0.1, -0.05) is 0 Å². The van der Waals surface area contributed by atoms with Gasteiger partial charge in [0.15, 0.2) is 0 Å². The van der Waals surface area contributed by atoms with Gasteiger partial charge in [0.05, 0.1) is 6.10 Å². The first-order valence-electron chi connectivity index (χ1n) is 5.69. The Balaban J connectivity index is 4.84. The first-order chi connectivity index (χ1) is 9.38. The zero-order valence-electron chi connectivity index (χ0n) is 10.5. The minimum atomic E-state index is -1.69. The summed E-state index contributed by atoms with van der Waals surface area (Å²) in [6.07, 6.45) is -3.22. The molecule has 0 aliphatic rings. The maximum atomic E-state index is 11.8. The number of carboxylic acid groups (broad SMARTS) is 1. The number of amides is 2. The van der Waals surface area contributed by atoms with Crippen molar-refractivity contribution >= 4 is 30.9 Å². The van der Waals surface area contributed by atoms with Crippen LogP contribution in [0.15, 0.2) is 0 Å². The first-order valence-corrected chi connectivity index (χ1v) is 6.33. The summed E-state index contributed by atoms with van der Waals surface area (Å²) < 4.78 is 0. The van der Waals surface area contributed by atoms with Gasteiger partial charge in [-0.2, -0.15) is 12.6 Å². The summed E-state index contributed by atoms with van der Waals surface area (Å²) in [5, 5.41) is 40.7. The normalized spacial score (nSPS) is 16.6. The minimum absolute atomic E-state index is 0.135. The van der Waals surface area contributed by atoms with Crippen LogP contribution in [0.25, 0.3) is 0 Å². The summed E-state index contributed by atoms with van der Waals surface area (Å²) in [4.78, 5) is 33.0. The average Bonchev–Trinajstić information content (AvgIpc) is 2.40. The molecule has 0 spiro atoms. The fourth-order valence-corrected chi connectivity index (χ4v) is 1.62. The molecule has 20 heavy (non-hydrogen) atoms. The van der Waals surface area contributed by atoms with E-state index in [2.05, 4.69) is 17.9 Å². The lowest BCUT2D eigenvalue weighted by Gasteiger charge is -2.26. The molecule has 0 aliphatic heterocycles. The highest BCUT2D eigenvalue weighted by atomic mass is 32.1. The maximum Gasteiger partial charge on any atom is 0.327 e. The second-order valence-electron chi connectivity index (χ2n) is 3.91. The second kappa shape index (κ2) is 9.53. The number of aliphatic hydroxyl groups excluding tert-OH is 3. The summed E-state index contributed by atoms with van der Waals surface area (Å²) in [7, 11) is 0. The van der Waals surface area contributed by atoms with Crippen LogP contribution in [0.4, 0.5) is 0 Å². The van der Waals surface area contributed by atoms with Crippen LogP contribution in [-0.2, 0) is 14.4 Å². The Morgan fingerprint density at radius 3 is 2.30 bits per heavy atom. The molecule has 0 aromatic rings. The Labute approximate surface area is 120 Å². The zero-order chi connectivity index (χ0) is 15.7. The SMILES string of the molecule is O=CN[C@H](C(=O)NC(CS)C(=O)O)C(O)C(O)CCO. The molecule has 9 nitrogen and oxygen atoms in total. The molecule has 0 aromatic carbocycles. The van der Waals surface area contributed by atoms with E-state index in [9.17, 15) is 24.6 Å². The quantitative estimate of drug-likeness (QED) is 0.165. The molecular weight excluding hydrogens is 292 g/mol. The maximum absolute atomic E-state index is 11.8. The van der Waals surface area contributed by atoms with Gasteiger partial charge in [-0.3, -0.25) is 9.59 Å². The summed E-state index contributed by atoms with van der Waals surface area (Å²) in [5.74, 6) is -2.50. The lowest BCUT2D eigenvalue weighted by atomic mass is 10.0. The summed E-state index contributed by atoms with van der Waals surface area (Å²) >= 11 is 3.75. The fourth-order valence-electron chi connectivity index (χ4n) is 1.37. The third kappa shape index (κ3) is 5.74. The van der Waals surface area contributed by atoms with Gasteiger partial charge in [-0.05, 0) is 6.42 Å². The number of carboxylic acids is 1. The van der Waals surface area contributed by atoms with Crippen LogP contribution in [-0.4, -0.2) is 75.4 Å². The van der Waals surface area contributed by atoms with E-state index in [1.807, 2.05) is 5.32 Å². The van der Waals surface area contributed by atoms with Crippen LogP contribution >= 0.6 is 12.6 Å². The van der Waals surface area contributed by atoms with Crippen molar-refractivity contribution in [3.05, 3.63) is 0 Å². The fraction of sp³-hybridized carbons (Fsp3) is 0.700. The Morgan fingerprint density at radius 2 is 1.90 bits per heavy atom. The molecule has 2 amide bonds. The Kier molecular flexibility index (Phi) is 8.88. The van der Waals surface area contributed by atoms with Crippen LogP contribution in [0.5, 0.6) is 0 Å². The second-order valence-corrected chi connectivity index (χ2v) is 4.28. The number of thiol groups is 1. The molecule has 0 aliphatic carbocycles. The van der Waals surface area contributed by atoms with E-state index in [-0.39, 0.29) is 18.6 Å². The molecule has 0 aromatic heterocycles. The predicted molar refractivity (Wildman–Crippen MR) is 70.1 cm³/mol. The topological polar surface area (TPSA) is 156 Å². The molecule has 0 radical (unpaired) electrons. The Bertz CT molecular complexity index is 342. The highest BCUT2D eigenvalue weighted by Crippen LogP contribution is 2.05. The van der Waals surface area contributed by atoms with E-state index in [0.717, 1.165) is 0 Å². The van der Waals surface area contributed by atoms with Crippen LogP contribution in [0.2, 0.25) is 0 Å². The van der Waals surface area contributed by atoms with Crippen molar-refractivity contribution in [1.82, 2.24) is 10.6 Å². The van der Waals surface area contributed by atoms with Crippen LogP contribution in [0, 0.1) is 0 Å². The monoisotopic (exact) mass is 310 g/mol. The van der Waals surface area contributed by atoms with E-state index in [4.69, 9.17) is 10.2 Å². The van der Waals surface area contributed by atoms with Gasteiger partial charge in [0.25, 0.3) is 0 Å². The highest BCUT2D eigenvalue weighted by molar-refractivity contribution is 7.80. The summed E-state index contributed by atoms with van der Waals surface area (Å²) in [5.41, 5.74) is 0. The molecule has 3 unspecified atom stereocenters. The molecule has 0 rings (SSSR count). The number of nitrogens with one attached hydrogen (secondary N) is 2. The number of carbonyl (C=O) groups excluding carboxylic acids is 2. The van der Waals surface area contributed by atoms with Gasteiger partial charge in [-0.15, -0.1) is 0 Å². The number of aliphatic hydroxyl groups is 3.